The lowest BCUT2D eigenvalue weighted by molar-refractivity contribution is 0.0738. The van der Waals surface area contributed by atoms with Crippen molar-refractivity contribution < 1.29 is 9.53 Å². The van der Waals surface area contributed by atoms with Crippen LogP contribution in [-0.2, 0) is 0 Å². The number of aromatic nitrogens is 2. The van der Waals surface area contributed by atoms with Gasteiger partial charge in [0.2, 0.25) is 0 Å². The zero-order valence-electron chi connectivity index (χ0n) is 8.31. The normalized spacial score (nSPS) is 10.1. The number of thiazole rings is 1. The second-order valence-electron chi connectivity index (χ2n) is 3.00. The molecule has 2 heterocycles. The fraction of sp³-hybridized carbons (Fsp3) is 0.100. The number of halogens is 1. The molecule has 0 N–H and O–H groups in total. The van der Waals surface area contributed by atoms with Crippen LogP contribution in [0.3, 0.4) is 0 Å². The van der Waals surface area contributed by atoms with Gasteiger partial charge in [0.1, 0.15) is 4.88 Å². The number of esters is 1. The van der Waals surface area contributed by atoms with Gasteiger partial charge in [-0.15, -0.1) is 11.3 Å². The SMILES string of the molecule is Cc1ncsc1C(=O)Oc1cncc(Cl)c1. The Balaban J connectivity index is 2.17. The Kier molecular flexibility index (Phi) is 3.17. The Morgan fingerprint density at radius 1 is 1.50 bits per heavy atom. The van der Waals surface area contributed by atoms with Crippen LogP contribution in [0, 0.1) is 6.92 Å². The number of rotatable bonds is 2. The second kappa shape index (κ2) is 4.59. The fourth-order valence-electron chi connectivity index (χ4n) is 1.10. The predicted octanol–water partition coefficient (Wildman–Crippen LogP) is 2.72. The van der Waals surface area contributed by atoms with E-state index in [4.69, 9.17) is 16.3 Å². The molecular formula is C10H7ClN2O2S. The largest absolute Gasteiger partial charge is 0.421 e. The van der Waals surface area contributed by atoms with Gasteiger partial charge in [-0.2, -0.15) is 0 Å². The summed E-state index contributed by atoms with van der Waals surface area (Å²) < 4.78 is 5.10. The second-order valence-corrected chi connectivity index (χ2v) is 4.29. The van der Waals surface area contributed by atoms with Crippen LogP contribution < -0.4 is 4.74 Å². The monoisotopic (exact) mass is 254 g/mol. The molecule has 0 amide bonds. The molecule has 6 heteroatoms. The lowest BCUT2D eigenvalue weighted by Crippen LogP contribution is -2.08. The first-order valence-corrected chi connectivity index (χ1v) is 5.65. The van der Waals surface area contributed by atoms with Crippen LogP contribution in [0.1, 0.15) is 15.4 Å². The Hall–Kier alpha value is -1.46. The van der Waals surface area contributed by atoms with Gasteiger partial charge >= 0.3 is 5.97 Å². The maximum absolute atomic E-state index is 11.7. The molecule has 0 unspecified atom stereocenters. The van der Waals surface area contributed by atoms with Gasteiger partial charge in [0.15, 0.2) is 5.75 Å². The first-order chi connectivity index (χ1) is 7.66. The molecule has 0 spiro atoms. The van der Waals surface area contributed by atoms with Crippen LogP contribution >= 0.6 is 22.9 Å². The van der Waals surface area contributed by atoms with E-state index in [-0.39, 0.29) is 0 Å². The summed E-state index contributed by atoms with van der Waals surface area (Å²) in [5.41, 5.74) is 2.26. The lowest BCUT2D eigenvalue weighted by Gasteiger charge is -2.02. The number of pyridine rings is 1. The Morgan fingerprint density at radius 2 is 2.31 bits per heavy atom. The zero-order chi connectivity index (χ0) is 11.5. The van der Waals surface area contributed by atoms with Crippen molar-refractivity contribution >= 4 is 28.9 Å². The van der Waals surface area contributed by atoms with E-state index in [1.165, 1.54) is 29.8 Å². The summed E-state index contributed by atoms with van der Waals surface area (Å²) in [7, 11) is 0. The molecule has 0 aliphatic rings. The van der Waals surface area contributed by atoms with Crippen molar-refractivity contribution in [3.8, 4) is 5.75 Å². The highest BCUT2D eigenvalue weighted by molar-refractivity contribution is 7.11. The first-order valence-electron chi connectivity index (χ1n) is 4.39. The average molecular weight is 255 g/mol. The highest BCUT2D eigenvalue weighted by atomic mass is 35.5. The van der Waals surface area contributed by atoms with Gasteiger partial charge in [0, 0.05) is 12.3 Å². The van der Waals surface area contributed by atoms with Crippen molar-refractivity contribution in [3.05, 3.63) is 39.6 Å². The van der Waals surface area contributed by atoms with Gasteiger partial charge in [-0.25, -0.2) is 9.78 Å². The molecule has 4 nitrogen and oxygen atoms in total. The molecule has 82 valence electrons. The van der Waals surface area contributed by atoms with Crippen molar-refractivity contribution in [1.29, 1.82) is 0 Å². The summed E-state index contributed by atoms with van der Waals surface area (Å²) in [5.74, 6) is -0.116. The molecule has 2 aromatic heterocycles. The van der Waals surface area contributed by atoms with E-state index >= 15 is 0 Å². The number of carbonyl (C=O) groups excluding carboxylic acids is 1. The van der Waals surface area contributed by atoms with Crippen molar-refractivity contribution in [1.82, 2.24) is 9.97 Å². The summed E-state index contributed by atoms with van der Waals surface area (Å²) in [4.78, 5) is 20.0. The molecule has 2 aromatic rings. The van der Waals surface area contributed by atoms with Crippen LogP contribution in [0.4, 0.5) is 0 Å². The smallest absolute Gasteiger partial charge is 0.355 e. The van der Waals surface area contributed by atoms with Crippen LogP contribution in [0.25, 0.3) is 0 Å². The minimum absolute atomic E-state index is 0.324. The number of carbonyl (C=O) groups is 1. The van der Waals surface area contributed by atoms with Crippen molar-refractivity contribution in [2.75, 3.05) is 0 Å². The third-order valence-corrected chi connectivity index (χ3v) is 2.94. The minimum Gasteiger partial charge on any atom is -0.421 e. The fourth-order valence-corrected chi connectivity index (χ4v) is 1.94. The zero-order valence-corrected chi connectivity index (χ0v) is 9.88. The van der Waals surface area contributed by atoms with Crippen molar-refractivity contribution in [2.45, 2.75) is 6.92 Å². The molecule has 0 aliphatic carbocycles. The predicted molar refractivity (Wildman–Crippen MR) is 61.1 cm³/mol. The van der Waals surface area contributed by atoms with Gasteiger partial charge < -0.3 is 4.74 Å². The summed E-state index contributed by atoms with van der Waals surface area (Å²) in [6.45, 7) is 1.75. The van der Waals surface area contributed by atoms with E-state index in [0.29, 0.717) is 21.3 Å². The van der Waals surface area contributed by atoms with Gasteiger partial charge in [-0.05, 0) is 6.92 Å². The number of hydrogen-bond acceptors (Lipinski definition) is 5. The molecule has 0 aliphatic heterocycles. The minimum atomic E-state index is -0.441. The van der Waals surface area contributed by atoms with E-state index in [1.54, 1.807) is 12.4 Å². The molecule has 0 bridgehead atoms. The van der Waals surface area contributed by atoms with Crippen LogP contribution in [0.15, 0.2) is 24.0 Å². The third-order valence-electron chi connectivity index (χ3n) is 1.82. The van der Waals surface area contributed by atoms with E-state index in [1.807, 2.05) is 0 Å². The molecule has 0 radical (unpaired) electrons. The highest BCUT2D eigenvalue weighted by Gasteiger charge is 2.14. The Labute approximate surface area is 101 Å². The molecule has 0 fully saturated rings. The molecule has 0 aromatic carbocycles. The summed E-state index contributed by atoms with van der Waals surface area (Å²) in [6.07, 6.45) is 2.90. The first kappa shape index (κ1) is 11.0. The maximum atomic E-state index is 11.7. The van der Waals surface area contributed by atoms with Gasteiger partial charge in [0.25, 0.3) is 0 Å². The van der Waals surface area contributed by atoms with Gasteiger partial charge in [-0.3, -0.25) is 4.98 Å². The van der Waals surface area contributed by atoms with E-state index < -0.39 is 5.97 Å². The molecule has 0 saturated heterocycles. The van der Waals surface area contributed by atoms with E-state index in [0.717, 1.165) is 0 Å². The van der Waals surface area contributed by atoms with Gasteiger partial charge in [0.05, 0.1) is 22.4 Å². The Morgan fingerprint density at radius 3 is 2.94 bits per heavy atom. The topological polar surface area (TPSA) is 52.1 Å². The quantitative estimate of drug-likeness (QED) is 0.774. The third kappa shape index (κ3) is 2.37. The maximum Gasteiger partial charge on any atom is 0.355 e. The van der Waals surface area contributed by atoms with Crippen molar-refractivity contribution in [3.63, 3.8) is 0 Å². The molecular weight excluding hydrogens is 248 g/mol. The number of nitrogens with zero attached hydrogens (tertiary/aromatic N) is 2. The summed E-state index contributed by atoms with van der Waals surface area (Å²) in [5, 5.41) is 0.423. The highest BCUT2D eigenvalue weighted by Crippen LogP contribution is 2.19. The molecule has 16 heavy (non-hydrogen) atoms. The molecule has 2 rings (SSSR count). The summed E-state index contributed by atoms with van der Waals surface area (Å²) in [6, 6.07) is 1.53. The van der Waals surface area contributed by atoms with E-state index in [2.05, 4.69) is 9.97 Å². The van der Waals surface area contributed by atoms with Crippen LogP contribution in [0.2, 0.25) is 5.02 Å². The number of aryl methyl sites for hydroxylation is 1. The van der Waals surface area contributed by atoms with Gasteiger partial charge in [-0.1, -0.05) is 11.6 Å². The Bertz CT molecular complexity index is 527. The standard InChI is InChI=1S/C10H7ClN2O2S/c1-6-9(16-5-13-6)10(14)15-8-2-7(11)3-12-4-8/h2-5H,1H3. The number of hydrogen-bond donors (Lipinski definition) is 0. The molecule has 0 saturated carbocycles. The van der Waals surface area contributed by atoms with Crippen LogP contribution in [-0.4, -0.2) is 15.9 Å². The van der Waals surface area contributed by atoms with Crippen LogP contribution in [0.5, 0.6) is 5.75 Å². The van der Waals surface area contributed by atoms with Crippen molar-refractivity contribution in [2.24, 2.45) is 0 Å². The summed E-state index contributed by atoms with van der Waals surface area (Å²) >= 11 is 6.96. The number of ether oxygens (including phenoxy) is 1. The lowest BCUT2D eigenvalue weighted by atomic mass is 10.4. The van der Waals surface area contributed by atoms with E-state index in [9.17, 15) is 4.79 Å². The molecule has 0 atom stereocenters. The average Bonchev–Trinajstić information content (AvgIpc) is 2.64.